The summed E-state index contributed by atoms with van der Waals surface area (Å²) < 4.78 is 26.4. The Labute approximate surface area is 225 Å². The lowest BCUT2D eigenvalue weighted by atomic mass is 9.90. The van der Waals surface area contributed by atoms with E-state index < -0.39 is 65.8 Å². The molecule has 0 aliphatic carbocycles. The van der Waals surface area contributed by atoms with Gasteiger partial charge >= 0.3 is 5.79 Å². The van der Waals surface area contributed by atoms with Crippen molar-refractivity contribution < 1.29 is 58.9 Å². The molecule has 2 saturated heterocycles. The Morgan fingerprint density at radius 3 is 2.42 bits per heavy atom. The Morgan fingerprint density at radius 2 is 1.73 bits per heavy atom. The smallest absolute Gasteiger partial charge is 0.303 e. The van der Waals surface area contributed by atoms with Gasteiger partial charge < -0.3 is 45.0 Å². The largest absolute Gasteiger partial charge is 0.488 e. The molecule has 0 radical (unpaired) electrons. The van der Waals surface area contributed by atoms with E-state index in [1.165, 1.54) is 41.3 Å². The number of benzene rings is 2. The number of fused-ring (bicyclic) bond motifs is 1. The van der Waals surface area contributed by atoms with Gasteiger partial charge in [-0.05, 0) is 18.2 Å². The van der Waals surface area contributed by atoms with Gasteiger partial charge in [0.25, 0.3) is 29.4 Å². The SMILES string of the molecule is O=C1NC(=O)C(O)(O)C(O)(O)C1N1Cc2c(OCc3cccc(C(O)(O)N4CCOCC4)c3F)cccc2C1=O. The highest BCUT2D eigenvalue weighted by molar-refractivity contribution is 6.08. The van der Waals surface area contributed by atoms with Gasteiger partial charge in [-0.1, -0.05) is 18.2 Å². The van der Waals surface area contributed by atoms with Crippen molar-refractivity contribution >= 4 is 17.7 Å². The van der Waals surface area contributed by atoms with Crippen molar-refractivity contribution in [1.82, 2.24) is 15.1 Å². The topological polar surface area (TPSA) is 210 Å². The van der Waals surface area contributed by atoms with Crippen molar-refractivity contribution in [2.45, 2.75) is 36.7 Å². The fraction of sp³-hybridized carbons (Fsp3) is 0.400. The van der Waals surface area contributed by atoms with Crippen LogP contribution in [-0.4, -0.2) is 102 Å². The molecule has 1 unspecified atom stereocenters. The first-order chi connectivity index (χ1) is 18.8. The third-order valence-corrected chi connectivity index (χ3v) is 7.24. The van der Waals surface area contributed by atoms with Crippen molar-refractivity contribution in [1.29, 1.82) is 0 Å². The molecule has 2 aromatic rings. The van der Waals surface area contributed by atoms with Crippen molar-refractivity contribution in [2.75, 3.05) is 26.3 Å². The number of carbonyl (C=O) groups is 3. The molecule has 3 amide bonds. The molecule has 15 heteroatoms. The quantitative estimate of drug-likeness (QED) is 0.140. The van der Waals surface area contributed by atoms with E-state index in [-0.39, 0.29) is 48.7 Å². The van der Waals surface area contributed by atoms with Gasteiger partial charge in [0, 0.05) is 29.8 Å². The number of nitrogens with one attached hydrogen (secondary N) is 1. The van der Waals surface area contributed by atoms with Crippen molar-refractivity contribution in [2.24, 2.45) is 0 Å². The molecule has 2 aromatic carbocycles. The molecule has 3 aliphatic heterocycles. The summed E-state index contributed by atoms with van der Waals surface area (Å²) in [7, 11) is 0. The minimum absolute atomic E-state index is 0.0225. The molecule has 0 spiro atoms. The van der Waals surface area contributed by atoms with E-state index >= 15 is 4.39 Å². The standard InChI is InChI=1S/C25H26FN3O11/c26-18-13(3-1-5-16(18)25(37,38)28-7-9-39-10-8-28)12-40-17-6-2-4-14-15(17)11-29(21(14)31)19-20(30)27-22(32)24(35,36)23(19,33)34/h1-6,19,33-38H,7-12H2,(H,27,30,32). The molecule has 1 atom stereocenters. The van der Waals surface area contributed by atoms with Crippen LogP contribution in [-0.2, 0) is 33.4 Å². The summed E-state index contributed by atoms with van der Waals surface area (Å²) in [5, 5.41) is 63.5. The van der Waals surface area contributed by atoms with Crippen LogP contribution in [0.15, 0.2) is 36.4 Å². The van der Waals surface area contributed by atoms with Gasteiger partial charge in [0.1, 0.15) is 18.2 Å². The Bertz CT molecular complexity index is 1370. The number of ether oxygens (including phenoxy) is 2. The van der Waals surface area contributed by atoms with E-state index in [0.717, 1.165) is 0 Å². The molecule has 3 aliphatic rings. The van der Waals surface area contributed by atoms with E-state index in [1.807, 2.05) is 0 Å². The van der Waals surface area contributed by atoms with Crippen LogP contribution in [0.25, 0.3) is 0 Å². The number of hydrogen-bond acceptors (Lipinski definition) is 12. The second-order valence-corrected chi connectivity index (χ2v) is 9.64. The van der Waals surface area contributed by atoms with Gasteiger partial charge in [0.05, 0.1) is 25.3 Å². The number of piperidine rings is 1. The Morgan fingerprint density at radius 1 is 1.05 bits per heavy atom. The molecular weight excluding hydrogens is 537 g/mol. The van der Waals surface area contributed by atoms with Gasteiger partial charge in [-0.2, -0.15) is 0 Å². The summed E-state index contributed by atoms with van der Waals surface area (Å²) >= 11 is 0. The fourth-order valence-corrected chi connectivity index (χ4v) is 4.99. The number of halogens is 1. The van der Waals surface area contributed by atoms with Gasteiger partial charge in [0.15, 0.2) is 6.04 Å². The monoisotopic (exact) mass is 563 g/mol. The maximum absolute atomic E-state index is 15.4. The van der Waals surface area contributed by atoms with Gasteiger partial charge in [-0.3, -0.25) is 19.7 Å². The number of rotatable bonds is 6. The lowest BCUT2D eigenvalue weighted by Crippen LogP contribution is -2.79. The van der Waals surface area contributed by atoms with E-state index in [2.05, 4.69) is 0 Å². The fourth-order valence-electron chi connectivity index (χ4n) is 4.99. The summed E-state index contributed by atoms with van der Waals surface area (Å²) in [6, 6.07) is 5.93. The summed E-state index contributed by atoms with van der Waals surface area (Å²) in [6.45, 7) is -0.0679. The molecule has 14 nitrogen and oxygen atoms in total. The highest BCUT2D eigenvalue weighted by Gasteiger charge is 2.67. The lowest BCUT2D eigenvalue weighted by Gasteiger charge is -2.44. The molecule has 3 heterocycles. The number of carbonyl (C=O) groups excluding carboxylic acids is 3. The van der Waals surface area contributed by atoms with E-state index in [4.69, 9.17) is 9.47 Å². The van der Waals surface area contributed by atoms with Crippen LogP contribution in [0.5, 0.6) is 5.75 Å². The highest BCUT2D eigenvalue weighted by atomic mass is 19.1. The van der Waals surface area contributed by atoms with Crippen LogP contribution >= 0.6 is 0 Å². The Hall–Kier alpha value is -3.54. The molecule has 5 rings (SSSR count). The average molecular weight is 563 g/mol. The number of morpholine rings is 1. The van der Waals surface area contributed by atoms with Crippen LogP contribution in [0.1, 0.15) is 27.0 Å². The average Bonchev–Trinajstić information content (AvgIpc) is 3.23. The third-order valence-electron chi connectivity index (χ3n) is 7.24. The number of aliphatic hydroxyl groups is 6. The zero-order valence-corrected chi connectivity index (χ0v) is 20.8. The molecular formula is C25H26FN3O11. The number of nitrogens with zero attached hydrogens (tertiary/aromatic N) is 2. The molecule has 2 fully saturated rings. The molecule has 214 valence electrons. The second kappa shape index (κ2) is 9.83. The predicted octanol–water partition coefficient (Wildman–Crippen LogP) is -2.83. The molecule has 0 bridgehead atoms. The van der Waals surface area contributed by atoms with E-state index in [9.17, 15) is 45.0 Å². The first-order valence-electron chi connectivity index (χ1n) is 12.1. The highest BCUT2D eigenvalue weighted by Crippen LogP contribution is 2.38. The molecule has 0 aromatic heterocycles. The summed E-state index contributed by atoms with van der Waals surface area (Å²) in [4.78, 5) is 39.2. The molecule has 0 saturated carbocycles. The summed E-state index contributed by atoms with van der Waals surface area (Å²) in [6.07, 6.45) is 0. The van der Waals surface area contributed by atoms with Crippen molar-refractivity contribution in [3.8, 4) is 5.75 Å². The zero-order chi connectivity index (χ0) is 29.0. The number of amides is 3. The number of hydrogen-bond donors (Lipinski definition) is 7. The minimum atomic E-state index is -3.81. The van der Waals surface area contributed by atoms with Crippen LogP contribution < -0.4 is 10.1 Å². The summed E-state index contributed by atoms with van der Waals surface area (Å²) in [5.74, 6) is -15.1. The van der Waals surface area contributed by atoms with Crippen LogP contribution in [0.3, 0.4) is 0 Å². The summed E-state index contributed by atoms with van der Waals surface area (Å²) in [5.41, 5.74) is -0.298. The second-order valence-electron chi connectivity index (χ2n) is 9.64. The Balaban J connectivity index is 1.38. The minimum Gasteiger partial charge on any atom is -0.488 e. The first kappa shape index (κ1) is 28.0. The van der Waals surface area contributed by atoms with Crippen molar-refractivity contribution in [3.63, 3.8) is 0 Å². The molecule has 40 heavy (non-hydrogen) atoms. The zero-order valence-electron chi connectivity index (χ0n) is 20.8. The maximum Gasteiger partial charge on any atom is 0.303 e. The van der Waals surface area contributed by atoms with E-state index in [1.54, 1.807) is 5.32 Å². The van der Waals surface area contributed by atoms with Gasteiger partial charge in [-0.15, -0.1) is 0 Å². The normalized spacial score (nSPS) is 22.7. The molecule has 7 N–H and O–H groups in total. The predicted molar refractivity (Wildman–Crippen MR) is 127 cm³/mol. The van der Waals surface area contributed by atoms with Gasteiger partial charge in [0.2, 0.25) is 0 Å². The van der Waals surface area contributed by atoms with Crippen LogP contribution in [0.4, 0.5) is 4.39 Å². The van der Waals surface area contributed by atoms with Crippen LogP contribution in [0.2, 0.25) is 0 Å². The van der Waals surface area contributed by atoms with Gasteiger partial charge in [-0.25, -0.2) is 9.29 Å². The Kier molecular flexibility index (Phi) is 6.88. The van der Waals surface area contributed by atoms with E-state index in [0.29, 0.717) is 4.90 Å². The third kappa shape index (κ3) is 4.32. The lowest BCUT2D eigenvalue weighted by molar-refractivity contribution is -0.355. The number of imide groups is 1. The van der Waals surface area contributed by atoms with Crippen LogP contribution in [0, 0.1) is 5.82 Å². The first-order valence-corrected chi connectivity index (χ1v) is 12.1. The van der Waals surface area contributed by atoms with Crippen molar-refractivity contribution in [3.05, 3.63) is 64.5 Å². The maximum atomic E-state index is 15.4.